The van der Waals surface area contributed by atoms with Gasteiger partial charge in [-0.15, -0.1) is 0 Å². The highest BCUT2D eigenvalue weighted by Gasteiger charge is 2.31. The van der Waals surface area contributed by atoms with Gasteiger partial charge >= 0.3 is 5.97 Å². The molecule has 1 saturated heterocycles. The number of amidine groups is 1. The number of carbonyl (C=O) groups is 2. The third-order valence-corrected chi connectivity index (χ3v) is 5.51. The minimum atomic E-state index is -1.01. The Kier molecular flexibility index (Phi) is 4.74. The van der Waals surface area contributed by atoms with Crippen molar-refractivity contribution in [2.24, 2.45) is 4.99 Å². The van der Waals surface area contributed by atoms with Gasteiger partial charge in [0.05, 0.1) is 21.2 Å². The summed E-state index contributed by atoms with van der Waals surface area (Å²) in [6.45, 7) is 0.138. The van der Waals surface area contributed by atoms with Crippen LogP contribution in [-0.4, -0.2) is 40.9 Å². The summed E-state index contributed by atoms with van der Waals surface area (Å²) in [4.78, 5) is 29.8. The van der Waals surface area contributed by atoms with Gasteiger partial charge in [0.15, 0.2) is 16.7 Å². The number of halogens is 1. The summed E-state index contributed by atoms with van der Waals surface area (Å²) in [5.41, 5.74) is 1.36. The first-order chi connectivity index (χ1) is 13.4. The zero-order valence-corrected chi connectivity index (χ0v) is 16.1. The van der Waals surface area contributed by atoms with Gasteiger partial charge in [-0.2, -0.15) is 0 Å². The molecule has 0 aliphatic carbocycles. The van der Waals surface area contributed by atoms with Crippen LogP contribution in [-0.2, 0) is 4.79 Å². The predicted molar refractivity (Wildman–Crippen MR) is 106 cm³/mol. The Labute approximate surface area is 169 Å². The second kappa shape index (κ2) is 7.21. The number of benzene rings is 2. The molecule has 1 fully saturated rings. The first kappa shape index (κ1) is 18.4. The molecule has 0 spiro atoms. The van der Waals surface area contributed by atoms with Crippen LogP contribution in [0.1, 0.15) is 15.9 Å². The Morgan fingerprint density at radius 2 is 1.93 bits per heavy atom. The Balaban J connectivity index is 1.62. The number of ether oxygens (including phenoxy) is 2. The molecule has 1 amide bonds. The van der Waals surface area contributed by atoms with Crippen LogP contribution in [0, 0.1) is 0 Å². The van der Waals surface area contributed by atoms with Gasteiger partial charge in [0.2, 0.25) is 6.79 Å². The second-order valence-corrected chi connectivity index (χ2v) is 7.36. The lowest BCUT2D eigenvalue weighted by molar-refractivity contribution is -0.121. The fourth-order valence-corrected chi connectivity index (χ4v) is 3.81. The van der Waals surface area contributed by atoms with Crippen LogP contribution in [0.5, 0.6) is 11.5 Å². The van der Waals surface area contributed by atoms with E-state index in [0.717, 1.165) is 0 Å². The minimum absolute atomic E-state index is 0.138. The van der Waals surface area contributed by atoms with Crippen molar-refractivity contribution in [1.82, 2.24) is 4.90 Å². The Bertz CT molecular complexity index is 1050. The van der Waals surface area contributed by atoms with Crippen molar-refractivity contribution in [3.8, 4) is 11.5 Å². The van der Waals surface area contributed by atoms with E-state index in [1.165, 1.54) is 28.8 Å². The van der Waals surface area contributed by atoms with E-state index in [-0.39, 0.29) is 18.3 Å². The number of rotatable bonds is 3. The number of thioether (sulfide) groups is 1. The maximum absolute atomic E-state index is 12.6. The molecule has 9 heteroatoms. The number of nitrogens with zero attached hydrogens (tertiary/aromatic N) is 2. The molecule has 2 aromatic carbocycles. The fraction of sp³-hybridized carbons (Fsp3) is 0.105. The van der Waals surface area contributed by atoms with Crippen LogP contribution in [0.4, 0.5) is 5.69 Å². The summed E-state index contributed by atoms with van der Waals surface area (Å²) < 4.78 is 10.6. The SMILES string of the molecule is CN1C(=O)/C(=C\c2cc3c(cc2Cl)OCO3)SC1=Nc1ccc(C(=O)O)cc1. The Morgan fingerprint density at radius 3 is 2.61 bits per heavy atom. The summed E-state index contributed by atoms with van der Waals surface area (Å²) in [5.74, 6) is -0.0682. The number of hydrogen-bond donors (Lipinski definition) is 1. The maximum atomic E-state index is 12.6. The van der Waals surface area contributed by atoms with Gasteiger partial charge in [0, 0.05) is 13.1 Å². The van der Waals surface area contributed by atoms with Crippen molar-refractivity contribution in [2.45, 2.75) is 0 Å². The highest BCUT2D eigenvalue weighted by atomic mass is 35.5. The molecule has 142 valence electrons. The van der Waals surface area contributed by atoms with E-state index in [4.69, 9.17) is 26.2 Å². The number of likely N-dealkylation sites (N-methyl/N-ethyl adjacent to an activating group) is 1. The molecule has 28 heavy (non-hydrogen) atoms. The number of fused-ring (bicyclic) bond motifs is 1. The smallest absolute Gasteiger partial charge is 0.335 e. The molecule has 4 rings (SSSR count). The van der Waals surface area contributed by atoms with Crippen molar-refractivity contribution in [2.75, 3.05) is 13.8 Å². The molecule has 0 aromatic heterocycles. The summed E-state index contributed by atoms with van der Waals surface area (Å²) in [7, 11) is 1.63. The molecule has 0 atom stereocenters. The molecule has 7 nitrogen and oxygen atoms in total. The van der Waals surface area contributed by atoms with Crippen LogP contribution in [0.25, 0.3) is 6.08 Å². The van der Waals surface area contributed by atoms with Crippen LogP contribution >= 0.6 is 23.4 Å². The molecule has 0 saturated carbocycles. The highest BCUT2D eigenvalue weighted by molar-refractivity contribution is 8.18. The van der Waals surface area contributed by atoms with Crippen LogP contribution in [0.15, 0.2) is 46.3 Å². The normalized spacial score (nSPS) is 18.4. The van der Waals surface area contributed by atoms with E-state index in [2.05, 4.69) is 4.99 Å². The summed E-state index contributed by atoms with van der Waals surface area (Å²) in [6, 6.07) is 9.49. The van der Waals surface area contributed by atoms with Crippen molar-refractivity contribution in [3.63, 3.8) is 0 Å². The van der Waals surface area contributed by atoms with Gasteiger partial charge in [-0.25, -0.2) is 9.79 Å². The predicted octanol–water partition coefficient (Wildman–Crippen LogP) is 4.00. The van der Waals surface area contributed by atoms with Gasteiger partial charge < -0.3 is 14.6 Å². The van der Waals surface area contributed by atoms with Crippen molar-refractivity contribution in [1.29, 1.82) is 0 Å². The molecule has 0 unspecified atom stereocenters. The molecule has 1 N–H and O–H groups in total. The fourth-order valence-electron chi connectivity index (χ4n) is 2.63. The van der Waals surface area contributed by atoms with Crippen LogP contribution < -0.4 is 9.47 Å². The number of aromatic carboxylic acids is 1. The van der Waals surface area contributed by atoms with E-state index < -0.39 is 5.97 Å². The lowest BCUT2D eigenvalue weighted by atomic mass is 10.2. The number of hydrogen-bond acceptors (Lipinski definition) is 6. The average Bonchev–Trinajstić information content (AvgIpc) is 3.22. The van der Waals surface area contributed by atoms with Gasteiger partial charge in [0.1, 0.15) is 0 Å². The summed E-state index contributed by atoms with van der Waals surface area (Å²) in [5, 5.41) is 9.89. The first-order valence-corrected chi connectivity index (χ1v) is 9.30. The average molecular weight is 417 g/mol. The van der Waals surface area contributed by atoms with Crippen LogP contribution in [0.3, 0.4) is 0 Å². The largest absolute Gasteiger partial charge is 0.478 e. The van der Waals surface area contributed by atoms with Crippen molar-refractivity contribution in [3.05, 3.63) is 57.5 Å². The quantitative estimate of drug-likeness (QED) is 0.761. The number of amides is 1. The van der Waals surface area contributed by atoms with Crippen molar-refractivity contribution >= 4 is 52.2 Å². The van der Waals surface area contributed by atoms with Crippen LogP contribution in [0.2, 0.25) is 5.02 Å². The van der Waals surface area contributed by atoms with Gasteiger partial charge in [-0.05, 0) is 53.7 Å². The molecule has 2 aromatic rings. The number of carbonyl (C=O) groups excluding carboxylic acids is 1. The summed E-state index contributed by atoms with van der Waals surface area (Å²) >= 11 is 7.49. The topological polar surface area (TPSA) is 88.4 Å². The first-order valence-electron chi connectivity index (χ1n) is 8.11. The van der Waals surface area contributed by atoms with E-state index in [0.29, 0.717) is 37.8 Å². The van der Waals surface area contributed by atoms with Gasteiger partial charge in [-0.3, -0.25) is 9.69 Å². The van der Waals surface area contributed by atoms with E-state index in [1.54, 1.807) is 37.4 Å². The molecular formula is C19H13ClN2O5S. The zero-order valence-electron chi connectivity index (χ0n) is 14.5. The van der Waals surface area contributed by atoms with Gasteiger partial charge in [-0.1, -0.05) is 11.6 Å². The van der Waals surface area contributed by atoms with E-state index in [1.807, 2.05) is 0 Å². The van der Waals surface area contributed by atoms with Gasteiger partial charge in [0.25, 0.3) is 5.91 Å². The minimum Gasteiger partial charge on any atom is -0.478 e. The number of carboxylic acid groups (broad SMARTS) is 1. The molecule has 0 radical (unpaired) electrons. The monoisotopic (exact) mass is 416 g/mol. The summed E-state index contributed by atoms with van der Waals surface area (Å²) in [6.07, 6.45) is 1.68. The third-order valence-electron chi connectivity index (χ3n) is 4.12. The van der Waals surface area contributed by atoms with Crippen molar-refractivity contribution < 1.29 is 24.2 Å². The lowest BCUT2D eigenvalue weighted by Crippen LogP contribution is -2.23. The molecule has 2 heterocycles. The number of aliphatic imine (C=N–C) groups is 1. The lowest BCUT2D eigenvalue weighted by Gasteiger charge is -2.07. The Morgan fingerprint density at radius 1 is 1.25 bits per heavy atom. The zero-order chi connectivity index (χ0) is 19.8. The standard InChI is InChI=1S/C19H13ClN2O5S/c1-22-17(23)16(7-11-6-14-15(8-13(11)20)27-9-26-14)28-19(22)21-12-4-2-10(3-5-12)18(24)25/h2-8H,9H2,1H3,(H,24,25)/b16-7+,21-19?. The molecular weight excluding hydrogens is 404 g/mol. The van der Waals surface area contributed by atoms with E-state index in [9.17, 15) is 9.59 Å². The molecule has 0 bridgehead atoms. The third kappa shape index (κ3) is 3.44. The highest BCUT2D eigenvalue weighted by Crippen LogP contribution is 2.39. The maximum Gasteiger partial charge on any atom is 0.335 e. The molecule has 2 aliphatic rings. The number of carboxylic acids is 1. The van der Waals surface area contributed by atoms with E-state index >= 15 is 0 Å². The molecule has 2 aliphatic heterocycles. The Hall–Kier alpha value is -2.97. The second-order valence-electron chi connectivity index (χ2n) is 5.95.